The Morgan fingerprint density at radius 1 is 1.21 bits per heavy atom. The molecule has 0 fully saturated rings. The van der Waals surface area contributed by atoms with Crippen molar-refractivity contribution in [2.24, 2.45) is 0 Å². The minimum atomic E-state index is 0.809. The highest BCUT2D eigenvalue weighted by molar-refractivity contribution is 9.10. The summed E-state index contributed by atoms with van der Waals surface area (Å²) in [7, 11) is 1.67. The number of aryl methyl sites for hydroxylation is 1. The number of anilines is 1. The smallest absolute Gasteiger partial charge is 0.133 e. The van der Waals surface area contributed by atoms with E-state index in [4.69, 9.17) is 10.5 Å². The fraction of sp³-hybridized carbons (Fsp3) is 0.200. The summed E-state index contributed by atoms with van der Waals surface area (Å²) in [5.74, 6) is 1.77. The molecule has 19 heavy (non-hydrogen) atoms. The Morgan fingerprint density at radius 2 is 2.00 bits per heavy atom. The van der Waals surface area contributed by atoms with E-state index in [1.807, 2.05) is 18.2 Å². The highest BCUT2D eigenvalue weighted by Gasteiger charge is 2.04. The molecule has 0 aliphatic heterocycles. The molecule has 2 aromatic rings. The highest BCUT2D eigenvalue weighted by Crippen LogP contribution is 2.31. The molecule has 0 heterocycles. The van der Waals surface area contributed by atoms with Crippen LogP contribution in [0.2, 0.25) is 0 Å². The Balaban J connectivity index is 2.10. The fourth-order valence-electron chi connectivity index (χ4n) is 1.73. The molecule has 0 spiro atoms. The van der Waals surface area contributed by atoms with E-state index < -0.39 is 0 Å². The fourth-order valence-corrected chi connectivity index (χ4v) is 3.34. The summed E-state index contributed by atoms with van der Waals surface area (Å²) >= 11 is 5.30. The molecular weight excluding hydrogens is 322 g/mol. The Labute approximate surface area is 126 Å². The normalized spacial score (nSPS) is 10.5. The average Bonchev–Trinajstić information content (AvgIpc) is 2.40. The molecule has 0 bridgehead atoms. The number of methoxy groups -OCH3 is 1. The van der Waals surface area contributed by atoms with Crippen LogP contribution < -0.4 is 10.5 Å². The molecule has 4 heteroatoms. The predicted molar refractivity (Wildman–Crippen MR) is 85.8 cm³/mol. The second-order valence-corrected chi connectivity index (χ2v) is 6.15. The van der Waals surface area contributed by atoms with Gasteiger partial charge in [0.2, 0.25) is 0 Å². The molecule has 0 unspecified atom stereocenters. The molecule has 0 radical (unpaired) electrons. The lowest BCUT2D eigenvalue weighted by atomic mass is 10.2. The first kappa shape index (κ1) is 14.3. The third kappa shape index (κ3) is 3.67. The molecule has 2 rings (SSSR count). The molecule has 0 amide bonds. The van der Waals surface area contributed by atoms with Crippen molar-refractivity contribution in [3.8, 4) is 5.75 Å². The van der Waals surface area contributed by atoms with Crippen molar-refractivity contribution in [1.29, 1.82) is 0 Å². The summed E-state index contributed by atoms with van der Waals surface area (Å²) in [6, 6.07) is 12.2. The van der Waals surface area contributed by atoms with Gasteiger partial charge in [-0.05, 0) is 58.2 Å². The number of benzene rings is 2. The summed E-state index contributed by atoms with van der Waals surface area (Å²) in [6.07, 6.45) is 0. The van der Waals surface area contributed by atoms with Gasteiger partial charge in [-0.1, -0.05) is 12.1 Å². The highest BCUT2D eigenvalue weighted by atomic mass is 79.9. The Bertz CT molecular complexity index is 586. The van der Waals surface area contributed by atoms with Gasteiger partial charge >= 0.3 is 0 Å². The van der Waals surface area contributed by atoms with Gasteiger partial charge in [0.25, 0.3) is 0 Å². The van der Waals surface area contributed by atoms with Crippen LogP contribution in [0.4, 0.5) is 5.69 Å². The van der Waals surface area contributed by atoms with E-state index >= 15 is 0 Å². The zero-order chi connectivity index (χ0) is 13.8. The van der Waals surface area contributed by atoms with Gasteiger partial charge in [-0.3, -0.25) is 0 Å². The molecule has 0 atom stereocenters. The van der Waals surface area contributed by atoms with Gasteiger partial charge < -0.3 is 10.5 Å². The molecule has 2 N–H and O–H groups in total. The van der Waals surface area contributed by atoms with E-state index in [9.17, 15) is 0 Å². The van der Waals surface area contributed by atoms with Crippen LogP contribution in [-0.2, 0) is 5.75 Å². The minimum absolute atomic E-state index is 0.809. The van der Waals surface area contributed by atoms with Crippen LogP contribution in [0, 0.1) is 6.92 Å². The zero-order valence-corrected chi connectivity index (χ0v) is 13.3. The number of hydrogen-bond acceptors (Lipinski definition) is 3. The first-order valence-corrected chi connectivity index (χ1v) is 7.69. The van der Waals surface area contributed by atoms with E-state index in [1.165, 1.54) is 16.0 Å². The van der Waals surface area contributed by atoms with E-state index in [2.05, 4.69) is 41.1 Å². The van der Waals surface area contributed by atoms with E-state index in [0.29, 0.717) is 0 Å². The maximum atomic E-state index is 5.82. The van der Waals surface area contributed by atoms with Crippen LogP contribution >= 0.6 is 27.7 Å². The largest absolute Gasteiger partial charge is 0.496 e. The van der Waals surface area contributed by atoms with Crippen LogP contribution in [0.25, 0.3) is 0 Å². The van der Waals surface area contributed by atoms with Crippen molar-refractivity contribution < 1.29 is 4.74 Å². The van der Waals surface area contributed by atoms with Gasteiger partial charge in [0.1, 0.15) is 5.75 Å². The zero-order valence-electron chi connectivity index (χ0n) is 10.9. The molecule has 0 aromatic heterocycles. The van der Waals surface area contributed by atoms with Crippen molar-refractivity contribution >= 4 is 33.4 Å². The summed E-state index contributed by atoms with van der Waals surface area (Å²) in [5, 5.41) is 0. The first-order chi connectivity index (χ1) is 9.10. The Kier molecular flexibility index (Phi) is 4.77. The third-order valence-electron chi connectivity index (χ3n) is 2.82. The number of ether oxygens (including phenoxy) is 1. The van der Waals surface area contributed by atoms with Crippen LogP contribution in [0.1, 0.15) is 11.1 Å². The molecular formula is C15H16BrNOS. The van der Waals surface area contributed by atoms with Gasteiger partial charge in [0.05, 0.1) is 11.6 Å². The third-order valence-corrected chi connectivity index (χ3v) is 4.67. The van der Waals surface area contributed by atoms with Crippen molar-refractivity contribution in [2.75, 3.05) is 12.8 Å². The van der Waals surface area contributed by atoms with Crippen molar-refractivity contribution in [3.05, 3.63) is 52.0 Å². The molecule has 2 nitrogen and oxygen atoms in total. The lowest BCUT2D eigenvalue weighted by Gasteiger charge is -2.08. The number of thioether (sulfide) groups is 1. The lowest BCUT2D eigenvalue weighted by molar-refractivity contribution is 0.412. The molecule has 0 saturated carbocycles. The second kappa shape index (κ2) is 6.35. The number of nitrogen functional groups attached to an aromatic ring is 1. The number of rotatable bonds is 4. The molecule has 2 aromatic carbocycles. The first-order valence-electron chi connectivity index (χ1n) is 5.91. The summed E-state index contributed by atoms with van der Waals surface area (Å²) in [5.41, 5.74) is 9.14. The van der Waals surface area contributed by atoms with Crippen LogP contribution in [0.15, 0.2) is 45.8 Å². The molecule has 0 aliphatic rings. The molecule has 0 aliphatic carbocycles. The Morgan fingerprint density at radius 3 is 2.68 bits per heavy atom. The summed E-state index contributed by atoms with van der Waals surface area (Å²) in [6.45, 7) is 2.10. The van der Waals surface area contributed by atoms with Crippen molar-refractivity contribution in [3.63, 3.8) is 0 Å². The number of nitrogens with two attached hydrogens (primary N) is 1. The van der Waals surface area contributed by atoms with E-state index in [0.717, 1.165) is 21.7 Å². The predicted octanol–water partition coefficient (Wildman–Crippen LogP) is 4.64. The maximum Gasteiger partial charge on any atom is 0.133 e. The number of halogens is 1. The lowest BCUT2D eigenvalue weighted by Crippen LogP contribution is -1.89. The van der Waals surface area contributed by atoms with Gasteiger partial charge in [-0.2, -0.15) is 0 Å². The minimum Gasteiger partial charge on any atom is -0.496 e. The van der Waals surface area contributed by atoms with Gasteiger partial charge in [-0.15, -0.1) is 11.8 Å². The van der Waals surface area contributed by atoms with Gasteiger partial charge in [0.15, 0.2) is 0 Å². The summed E-state index contributed by atoms with van der Waals surface area (Å²) in [4.78, 5) is 1.23. The summed E-state index contributed by atoms with van der Waals surface area (Å²) < 4.78 is 6.21. The van der Waals surface area contributed by atoms with Gasteiger partial charge in [0, 0.05) is 16.3 Å². The monoisotopic (exact) mass is 337 g/mol. The van der Waals surface area contributed by atoms with E-state index in [-0.39, 0.29) is 0 Å². The van der Waals surface area contributed by atoms with Crippen molar-refractivity contribution in [2.45, 2.75) is 17.6 Å². The van der Waals surface area contributed by atoms with Crippen molar-refractivity contribution in [1.82, 2.24) is 0 Å². The Hall–Kier alpha value is -1.13. The molecule has 100 valence electrons. The van der Waals surface area contributed by atoms with E-state index in [1.54, 1.807) is 18.9 Å². The maximum absolute atomic E-state index is 5.82. The topological polar surface area (TPSA) is 35.2 Å². The van der Waals surface area contributed by atoms with Crippen LogP contribution in [0.5, 0.6) is 5.75 Å². The van der Waals surface area contributed by atoms with Crippen LogP contribution in [0.3, 0.4) is 0 Å². The quantitative estimate of drug-likeness (QED) is 0.651. The molecule has 0 saturated heterocycles. The standard InChI is InChI=1S/C15H16BrNOS/c1-10-3-5-12(17)8-15(10)19-9-11-4-6-14(18-2)13(16)7-11/h3-8H,9,17H2,1-2H3. The second-order valence-electron chi connectivity index (χ2n) is 4.28. The SMILES string of the molecule is COc1ccc(CSc2cc(N)ccc2C)cc1Br. The van der Waals surface area contributed by atoms with Gasteiger partial charge in [-0.25, -0.2) is 0 Å². The van der Waals surface area contributed by atoms with Crippen LogP contribution in [-0.4, -0.2) is 7.11 Å². The average molecular weight is 338 g/mol. The number of hydrogen-bond donors (Lipinski definition) is 1.